The topological polar surface area (TPSA) is 84.5 Å². The van der Waals surface area contributed by atoms with Gasteiger partial charge in [0.1, 0.15) is 16.7 Å². The lowest BCUT2D eigenvalue weighted by Crippen LogP contribution is -2.45. The molecule has 1 atom stereocenters. The van der Waals surface area contributed by atoms with E-state index < -0.39 is 22.0 Å². The van der Waals surface area contributed by atoms with E-state index in [-0.39, 0.29) is 27.8 Å². The Labute approximate surface area is 197 Å². The second-order valence-electron chi connectivity index (χ2n) is 7.13. The van der Waals surface area contributed by atoms with Gasteiger partial charge in [-0.15, -0.1) is 0 Å². The third kappa shape index (κ3) is 6.01. The summed E-state index contributed by atoms with van der Waals surface area (Å²) in [4.78, 5) is 13.1. The smallest absolute Gasteiger partial charge is 0.245 e. The molecule has 3 rings (SSSR count). The summed E-state index contributed by atoms with van der Waals surface area (Å²) in [6, 6.07) is 17.4. The zero-order chi connectivity index (χ0) is 23.3. The van der Waals surface area contributed by atoms with Crippen LogP contribution in [0.25, 0.3) is 0 Å². The first-order valence-corrected chi connectivity index (χ1v) is 11.9. The summed E-state index contributed by atoms with van der Waals surface area (Å²) in [7, 11) is -2.71. The van der Waals surface area contributed by atoms with Gasteiger partial charge >= 0.3 is 0 Å². The molecule has 168 valence electrons. The maximum absolute atomic E-state index is 13.2. The van der Waals surface area contributed by atoms with Crippen LogP contribution < -0.4 is 14.8 Å². The van der Waals surface area contributed by atoms with Gasteiger partial charge < -0.3 is 10.1 Å². The lowest BCUT2D eigenvalue weighted by Gasteiger charge is -2.20. The molecule has 0 heterocycles. The number of halogens is 2. The van der Waals surface area contributed by atoms with Crippen molar-refractivity contribution in [2.24, 2.45) is 0 Å². The van der Waals surface area contributed by atoms with Gasteiger partial charge in [0.05, 0.1) is 17.8 Å². The van der Waals surface area contributed by atoms with E-state index in [9.17, 15) is 13.2 Å². The van der Waals surface area contributed by atoms with Crippen molar-refractivity contribution in [2.75, 3.05) is 12.4 Å². The van der Waals surface area contributed by atoms with Crippen molar-refractivity contribution in [3.8, 4) is 5.75 Å². The minimum atomic E-state index is -4.10. The van der Waals surface area contributed by atoms with Crippen molar-refractivity contribution < 1.29 is 17.9 Å². The van der Waals surface area contributed by atoms with Crippen LogP contribution in [0.3, 0.4) is 0 Å². The van der Waals surface area contributed by atoms with E-state index in [1.165, 1.54) is 19.2 Å². The number of methoxy groups -OCH3 is 1. The van der Waals surface area contributed by atoms with E-state index >= 15 is 0 Å². The van der Waals surface area contributed by atoms with Crippen molar-refractivity contribution in [2.45, 2.75) is 24.3 Å². The molecule has 1 unspecified atom stereocenters. The van der Waals surface area contributed by atoms with Crippen molar-refractivity contribution in [1.29, 1.82) is 0 Å². The number of carbonyl (C=O) groups is 1. The normalized spacial score (nSPS) is 12.2. The molecule has 0 fully saturated rings. The summed E-state index contributed by atoms with van der Waals surface area (Å²) in [5.74, 6) is -0.395. The zero-order valence-corrected chi connectivity index (χ0v) is 19.8. The number of amides is 1. The van der Waals surface area contributed by atoms with Gasteiger partial charge in [0.15, 0.2) is 0 Å². The van der Waals surface area contributed by atoms with Crippen LogP contribution in [-0.4, -0.2) is 27.5 Å². The van der Waals surface area contributed by atoms with Gasteiger partial charge in [-0.25, -0.2) is 8.42 Å². The summed E-state index contributed by atoms with van der Waals surface area (Å²) in [6.45, 7) is 1.77. The number of carbonyl (C=O) groups excluding carboxylic acids is 1. The molecule has 0 aliphatic heterocycles. The van der Waals surface area contributed by atoms with Gasteiger partial charge in [0.25, 0.3) is 0 Å². The summed E-state index contributed by atoms with van der Waals surface area (Å²) >= 11 is 12.2. The van der Waals surface area contributed by atoms with Crippen LogP contribution in [0, 0.1) is 6.92 Å². The highest BCUT2D eigenvalue weighted by molar-refractivity contribution is 7.89. The second kappa shape index (κ2) is 10.4. The Kier molecular flexibility index (Phi) is 7.79. The summed E-state index contributed by atoms with van der Waals surface area (Å²) in [5, 5.41) is 3.34. The van der Waals surface area contributed by atoms with E-state index in [1.807, 2.05) is 30.3 Å². The number of rotatable bonds is 8. The Hall–Kier alpha value is -2.58. The maximum Gasteiger partial charge on any atom is 0.245 e. The van der Waals surface area contributed by atoms with Gasteiger partial charge in [-0.05, 0) is 54.8 Å². The molecule has 0 bridgehead atoms. The Morgan fingerprint density at radius 2 is 1.75 bits per heavy atom. The Balaban J connectivity index is 1.95. The standard InChI is InChI=1S/C23H22Cl2N2O4S/c1-15-8-11-21(31-2)22(12-15)32(29,30)27-20(13-16-6-4-3-5-7-16)23(28)26-19-14-17(24)9-10-18(19)25/h3-12,14,20,27H,13H2,1-2H3,(H,26,28). The third-order valence-corrected chi connectivity index (χ3v) is 6.75. The summed E-state index contributed by atoms with van der Waals surface area (Å²) < 4.78 is 34.2. The van der Waals surface area contributed by atoms with E-state index in [0.717, 1.165) is 11.1 Å². The molecular formula is C23H22Cl2N2O4S. The van der Waals surface area contributed by atoms with E-state index in [2.05, 4.69) is 10.0 Å². The Morgan fingerprint density at radius 1 is 1.03 bits per heavy atom. The summed E-state index contributed by atoms with van der Waals surface area (Å²) in [6.07, 6.45) is 0.123. The van der Waals surface area contributed by atoms with Crippen LogP contribution >= 0.6 is 23.2 Å². The fourth-order valence-electron chi connectivity index (χ4n) is 3.10. The number of ether oxygens (including phenoxy) is 1. The molecule has 1 amide bonds. The zero-order valence-electron chi connectivity index (χ0n) is 17.4. The SMILES string of the molecule is COc1ccc(C)cc1S(=O)(=O)NC(Cc1ccccc1)C(=O)Nc1cc(Cl)ccc1Cl. The van der Waals surface area contributed by atoms with Crippen molar-refractivity contribution in [3.63, 3.8) is 0 Å². The molecule has 0 aromatic heterocycles. The molecule has 32 heavy (non-hydrogen) atoms. The minimum absolute atomic E-state index is 0.0494. The summed E-state index contributed by atoms with van der Waals surface area (Å²) in [5.41, 5.74) is 1.80. The first kappa shape index (κ1) is 24.1. The second-order valence-corrected chi connectivity index (χ2v) is 9.66. The van der Waals surface area contributed by atoms with Crippen LogP contribution in [0.5, 0.6) is 5.75 Å². The highest BCUT2D eigenvalue weighted by Crippen LogP contribution is 2.27. The Bertz CT molecular complexity index is 1220. The molecule has 3 aromatic carbocycles. The predicted octanol–water partition coefficient (Wildman–Crippen LogP) is 4.84. The van der Waals surface area contributed by atoms with Crippen LogP contribution in [0.1, 0.15) is 11.1 Å². The molecule has 2 N–H and O–H groups in total. The first-order valence-electron chi connectivity index (χ1n) is 9.66. The van der Waals surface area contributed by atoms with E-state index in [4.69, 9.17) is 27.9 Å². The van der Waals surface area contributed by atoms with Gasteiger partial charge in [0, 0.05) is 5.02 Å². The van der Waals surface area contributed by atoms with Crippen LogP contribution in [0.4, 0.5) is 5.69 Å². The van der Waals surface area contributed by atoms with E-state index in [0.29, 0.717) is 5.02 Å². The van der Waals surface area contributed by atoms with Gasteiger partial charge in [0.2, 0.25) is 15.9 Å². The van der Waals surface area contributed by atoms with Crippen LogP contribution in [-0.2, 0) is 21.2 Å². The molecule has 0 aliphatic carbocycles. The van der Waals surface area contributed by atoms with Crippen molar-refractivity contribution in [1.82, 2.24) is 4.72 Å². The molecular weight excluding hydrogens is 471 g/mol. The van der Waals surface area contributed by atoms with Crippen LogP contribution in [0.2, 0.25) is 10.0 Å². The number of aryl methyl sites for hydroxylation is 1. The molecule has 0 saturated heterocycles. The molecule has 0 aliphatic rings. The first-order chi connectivity index (χ1) is 15.2. The minimum Gasteiger partial charge on any atom is -0.495 e. The predicted molar refractivity (Wildman–Crippen MR) is 127 cm³/mol. The van der Waals surface area contributed by atoms with Crippen LogP contribution in [0.15, 0.2) is 71.6 Å². The average Bonchev–Trinajstić information content (AvgIpc) is 2.76. The molecule has 3 aromatic rings. The number of hydrogen-bond donors (Lipinski definition) is 2. The quantitative estimate of drug-likeness (QED) is 0.471. The van der Waals surface area contributed by atoms with Gasteiger partial charge in [-0.1, -0.05) is 59.6 Å². The molecule has 0 radical (unpaired) electrons. The highest BCUT2D eigenvalue weighted by Gasteiger charge is 2.29. The van der Waals surface area contributed by atoms with E-state index in [1.54, 1.807) is 31.2 Å². The lowest BCUT2D eigenvalue weighted by atomic mass is 10.1. The van der Waals surface area contributed by atoms with Gasteiger partial charge in [-0.3, -0.25) is 4.79 Å². The molecule has 9 heteroatoms. The lowest BCUT2D eigenvalue weighted by molar-refractivity contribution is -0.117. The number of benzene rings is 3. The maximum atomic E-state index is 13.2. The average molecular weight is 493 g/mol. The fraction of sp³-hybridized carbons (Fsp3) is 0.174. The fourth-order valence-corrected chi connectivity index (χ4v) is 4.88. The number of sulfonamides is 1. The molecule has 6 nitrogen and oxygen atoms in total. The third-order valence-electron chi connectivity index (χ3n) is 4.69. The van der Waals surface area contributed by atoms with Gasteiger partial charge in [-0.2, -0.15) is 4.72 Å². The van der Waals surface area contributed by atoms with Crippen molar-refractivity contribution in [3.05, 3.63) is 87.9 Å². The molecule has 0 spiro atoms. The Morgan fingerprint density at radius 3 is 2.44 bits per heavy atom. The number of nitrogens with one attached hydrogen (secondary N) is 2. The number of hydrogen-bond acceptors (Lipinski definition) is 4. The van der Waals surface area contributed by atoms with Crippen molar-refractivity contribution >= 4 is 44.8 Å². The largest absolute Gasteiger partial charge is 0.495 e. The molecule has 0 saturated carbocycles. The number of anilines is 1. The monoisotopic (exact) mass is 492 g/mol. The highest BCUT2D eigenvalue weighted by atomic mass is 35.5.